The van der Waals surface area contributed by atoms with Crippen LogP contribution in [0, 0.1) is 26.7 Å². The first kappa shape index (κ1) is 16.3. The highest BCUT2D eigenvalue weighted by Crippen LogP contribution is 2.33. The molecule has 1 N–H and O–H groups in total. The number of anilines is 1. The number of hydrogen-bond donors (Lipinski definition) is 1. The van der Waals surface area contributed by atoms with Crippen molar-refractivity contribution in [1.29, 1.82) is 0 Å². The summed E-state index contributed by atoms with van der Waals surface area (Å²) >= 11 is 1.60. The molecule has 1 atom stereocenters. The monoisotopic (exact) mass is 354 g/mol. The topological polar surface area (TPSA) is 55.1 Å². The van der Waals surface area contributed by atoms with Gasteiger partial charge in [0.1, 0.15) is 5.58 Å². The Labute approximate surface area is 151 Å². The SMILES string of the molecule is Cc1ccc2c(C)c(C(=O)Nc3nc4c(s3)C[C@H](C)CC4)oc2c1C. The van der Waals surface area contributed by atoms with Crippen molar-refractivity contribution in [3.8, 4) is 0 Å². The third-order valence-corrected chi connectivity index (χ3v) is 6.27. The van der Waals surface area contributed by atoms with Crippen LogP contribution in [0.1, 0.15) is 51.2 Å². The van der Waals surface area contributed by atoms with Gasteiger partial charge in [0, 0.05) is 15.8 Å². The van der Waals surface area contributed by atoms with Gasteiger partial charge in [0.15, 0.2) is 10.9 Å². The summed E-state index contributed by atoms with van der Waals surface area (Å²) in [6.45, 7) is 8.28. The summed E-state index contributed by atoms with van der Waals surface area (Å²) in [5, 5.41) is 4.62. The molecule has 1 aliphatic carbocycles. The lowest BCUT2D eigenvalue weighted by atomic mass is 9.93. The zero-order valence-electron chi connectivity index (χ0n) is 15.0. The van der Waals surface area contributed by atoms with Gasteiger partial charge in [-0.25, -0.2) is 4.98 Å². The van der Waals surface area contributed by atoms with Crippen LogP contribution in [0.2, 0.25) is 0 Å². The molecule has 2 aromatic heterocycles. The van der Waals surface area contributed by atoms with E-state index in [1.807, 2.05) is 26.8 Å². The van der Waals surface area contributed by atoms with Crippen LogP contribution in [0.3, 0.4) is 0 Å². The number of aromatic nitrogens is 1. The molecular weight excluding hydrogens is 332 g/mol. The van der Waals surface area contributed by atoms with Gasteiger partial charge in [-0.05, 0) is 57.1 Å². The van der Waals surface area contributed by atoms with Crippen molar-refractivity contribution >= 4 is 33.3 Å². The number of amides is 1. The Hall–Kier alpha value is -2.14. The Kier molecular flexibility index (Phi) is 3.91. The molecule has 0 radical (unpaired) electrons. The molecule has 3 aromatic rings. The second-order valence-corrected chi connectivity index (χ2v) is 8.21. The summed E-state index contributed by atoms with van der Waals surface area (Å²) in [4.78, 5) is 18.7. The number of benzene rings is 1. The highest BCUT2D eigenvalue weighted by Gasteiger charge is 2.23. The van der Waals surface area contributed by atoms with Gasteiger partial charge >= 0.3 is 0 Å². The van der Waals surface area contributed by atoms with Crippen molar-refractivity contribution in [3.05, 3.63) is 45.2 Å². The molecule has 0 bridgehead atoms. The second-order valence-electron chi connectivity index (χ2n) is 7.13. The predicted octanol–water partition coefficient (Wildman–Crippen LogP) is 5.19. The lowest BCUT2D eigenvalue weighted by Crippen LogP contribution is -2.12. The van der Waals surface area contributed by atoms with Gasteiger partial charge in [0.2, 0.25) is 0 Å². The van der Waals surface area contributed by atoms with Gasteiger partial charge in [-0.15, -0.1) is 11.3 Å². The fraction of sp³-hybridized carbons (Fsp3) is 0.400. The maximum Gasteiger partial charge on any atom is 0.293 e. The Morgan fingerprint density at radius 1 is 1.28 bits per heavy atom. The molecule has 0 unspecified atom stereocenters. The second kappa shape index (κ2) is 5.99. The summed E-state index contributed by atoms with van der Waals surface area (Å²) < 4.78 is 5.93. The molecular formula is C20H22N2O2S. The van der Waals surface area contributed by atoms with E-state index in [1.54, 1.807) is 11.3 Å². The highest BCUT2D eigenvalue weighted by molar-refractivity contribution is 7.15. The standard InChI is InChI=1S/C20H22N2O2S/c1-10-5-8-15-16(9-10)25-20(21-15)22-19(23)18-13(4)14-7-6-11(2)12(3)17(14)24-18/h6-7,10H,5,8-9H2,1-4H3,(H,21,22,23)/t10-/m1/s1. The van der Waals surface area contributed by atoms with E-state index in [-0.39, 0.29) is 5.91 Å². The zero-order chi connectivity index (χ0) is 17.7. The van der Waals surface area contributed by atoms with Crippen LogP contribution in [0.25, 0.3) is 11.0 Å². The maximum atomic E-state index is 12.7. The van der Waals surface area contributed by atoms with Crippen molar-refractivity contribution in [2.45, 2.75) is 47.0 Å². The van der Waals surface area contributed by atoms with E-state index in [0.29, 0.717) is 16.8 Å². The Balaban J connectivity index is 1.65. The number of thiazole rings is 1. The number of nitrogens with one attached hydrogen (secondary N) is 1. The minimum absolute atomic E-state index is 0.218. The molecule has 130 valence electrons. The number of fused-ring (bicyclic) bond motifs is 2. The summed E-state index contributed by atoms with van der Waals surface area (Å²) in [5.41, 5.74) is 5.07. The number of hydrogen-bond acceptors (Lipinski definition) is 4. The summed E-state index contributed by atoms with van der Waals surface area (Å²) in [7, 11) is 0. The van der Waals surface area contributed by atoms with E-state index < -0.39 is 0 Å². The predicted molar refractivity (Wildman–Crippen MR) is 102 cm³/mol. The highest BCUT2D eigenvalue weighted by atomic mass is 32.1. The lowest BCUT2D eigenvalue weighted by Gasteiger charge is -2.15. The summed E-state index contributed by atoms with van der Waals surface area (Å²) in [5.74, 6) is 0.857. The Morgan fingerprint density at radius 3 is 2.88 bits per heavy atom. The van der Waals surface area contributed by atoms with E-state index in [0.717, 1.165) is 46.2 Å². The molecule has 2 heterocycles. The first-order valence-electron chi connectivity index (χ1n) is 8.73. The van der Waals surface area contributed by atoms with Gasteiger partial charge in [-0.2, -0.15) is 0 Å². The maximum absolute atomic E-state index is 12.7. The quantitative estimate of drug-likeness (QED) is 0.689. The average molecular weight is 354 g/mol. The van der Waals surface area contributed by atoms with E-state index in [9.17, 15) is 4.79 Å². The van der Waals surface area contributed by atoms with Crippen LogP contribution < -0.4 is 5.32 Å². The third-order valence-electron chi connectivity index (χ3n) is 5.24. The normalized spacial score (nSPS) is 16.9. The van der Waals surface area contributed by atoms with Gasteiger partial charge in [-0.1, -0.05) is 19.1 Å². The Morgan fingerprint density at radius 2 is 2.08 bits per heavy atom. The molecule has 5 heteroatoms. The number of rotatable bonds is 2. The van der Waals surface area contributed by atoms with E-state index >= 15 is 0 Å². The Bertz CT molecular complexity index is 983. The number of aryl methyl sites for hydroxylation is 4. The van der Waals surface area contributed by atoms with E-state index in [4.69, 9.17) is 4.42 Å². The van der Waals surface area contributed by atoms with Crippen LogP contribution in [-0.4, -0.2) is 10.9 Å². The van der Waals surface area contributed by atoms with Gasteiger partial charge in [0.05, 0.1) is 5.69 Å². The van der Waals surface area contributed by atoms with E-state index in [2.05, 4.69) is 23.3 Å². The molecule has 4 nitrogen and oxygen atoms in total. The fourth-order valence-electron chi connectivity index (χ4n) is 3.48. The smallest absolute Gasteiger partial charge is 0.293 e. The molecule has 1 aromatic carbocycles. The molecule has 1 aliphatic rings. The molecule has 4 rings (SSSR count). The zero-order valence-corrected chi connectivity index (χ0v) is 15.8. The van der Waals surface area contributed by atoms with Crippen LogP contribution in [0.4, 0.5) is 5.13 Å². The van der Waals surface area contributed by atoms with E-state index in [1.165, 1.54) is 11.3 Å². The fourth-order valence-corrected chi connectivity index (χ4v) is 4.65. The van der Waals surface area contributed by atoms with Gasteiger partial charge < -0.3 is 4.42 Å². The van der Waals surface area contributed by atoms with Crippen LogP contribution >= 0.6 is 11.3 Å². The number of carbonyl (C=O) groups is 1. The van der Waals surface area contributed by atoms with Gasteiger partial charge in [0.25, 0.3) is 5.91 Å². The summed E-state index contributed by atoms with van der Waals surface area (Å²) in [6, 6.07) is 4.09. The largest absolute Gasteiger partial charge is 0.450 e. The lowest BCUT2D eigenvalue weighted by molar-refractivity contribution is 0.0998. The molecule has 25 heavy (non-hydrogen) atoms. The van der Waals surface area contributed by atoms with Crippen LogP contribution in [0.15, 0.2) is 16.5 Å². The molecule has 0 saturated heterocycles. The van der Waals surface area contributed by atoms with Crippen molar-refractivity contribution in [2.24, 2.45) is 5.92 Å². The van der Waals surface area contributed by atoms with Crippen molar-refractivity contribution in [1.82, 2.24) is 4.98 Å². The van der Waals surface area contributed by atoms with Crippen LogP contribution in [-0.2, 0) is 12.8 Å². The van der Waals surface area contributed by atoms with Crippen molar-refractivity contribution in [2.75, 3.05) is 5.32 Å². The number of carbonyl (C=O) groups excluding carboxylic acids is 1. The molecule has 0 aliphatic heterocycles. The summed E-state index contributed by atoms with van der Waals surface area (Å²) in [6.07, 6.45) is 3.24. The molecule has 0 saturated carbocycles. The number of furan rings is 1. The third kappa shape index (κ3) is 2.76. The number of nitrogens with zero attached hydrogens (tertiary/aromatic N) is 1. The van der Waals surface area contributed by atoms with Crippen molar-refractivity contribution in [3.63, 3.8) is 0 Å². The molecule has 0 spiro atoms. The minimum Gasteiger partial charge on any atom is -0.450 e. The first-order valence-corrected chi connectivity index (χ1v) is 9.55. The minimum atomic E-state index is -0.218. The van der Waals surface area contributed by atoms with Crippen LogP contribution in [0.5, 0.6) is 0 Å². The average Bonchev–Trinajstić information content (AvgIpc) is 3.11. The van der Waals surface area contributed by atoms with Gasteiger partial charge in [-0.3, -0.25) is 10.1 Å². The first-order chi connectivity index (χ1) is 11.9. The molecule has 0 fully saturated rings. The molecule has 1 amide bonds. The van der Waals surface area contributed by atoms with Crippen molar-refractivity contribution < 1.29 is 9.21 Å².